The van der Waals surface area contributed by atoms with Crippen molar-refractivity contribution in [1.82, 2.24) is 9.80 Å². The van der Waals surface area contributed by atoms with Crippen LogP contribution >= 0.6 is 0 Å². The predicted molar refractivity (Wildman–Crippen MR) is 69.3 cm³/mol. The van der Waals surface area contributed by atoms with Gasteiger partial charge in [-0.3, -0.25) is 9.59 Å². The summed E-state index contributed by atoms with van der Waals surface area (Å²) < 4.78 is 0. The molecule has 1 amide bonds. The number of nitrogens with zero attached hydrogens (tertiary/aromatic N) is 2. The van der Waals surface area contributed by atoms with E-state index in [4.69, 9.17) is 5.11 Å². The fourth-order valence-corrected chi connectivity index (χ4v) is 2.47. The molecule has 0 aromatic rings. The zero-order chi connectivity index (χ0) is 13.7. The fourth-order valence-electron chi connectivity index (χ4n) is 2.47. The Balaban J connectivity index is 2.29. The van der Waals surface area contributed by atoms with E-state index in [-0.39, 0.29) is 12.3 Å². The van der Waals surface area contributed by atoms with E-state index in [9.17, 15) is 9.59 Å². The summed E-state index contributed by atoms with van der Waals surface area (Å²) in [4.78, 5) is 26.4. The lowest BCUT2D eigenvalue weighted by Crippen LogP contribution is -2.34. The first-order chi connectivity index (χ1) is 8.40. The van der Waals surface area contributed by atoms with Crippen LogP contribution in [0.4, 0.5) is 0 Å². The summed E-state index contributed by atoms with van der Waals surface area (Å²) in [6.45, 7) is 4.64. The third kappa shape index (κ3) is 4.64. The van der Waals surface area contributed by atoms with Crippen molar-refractivity contribution >= 4 is 11.9 Å². The van der Waals surface area contributed by atoms with Gasteiger partial charge in [-0.05, 0) is 32.4 Å². The second-order valence-corrected chi connectivity index (χ2v) is 5.46. The van der Waals surface area contributed by atoms with Crippen molar-refractivity contribution in [1.29, 1.82) is 0 Å². The Hall–Kier alpha value is -1.10. The highest BCUT2D eigenvalue weighted by molar-refractivity contribution is 5.82. The highest BCUT2D eigenvalue weighted by Gasteiger charge is 2.23. The average molecular weight is 256 g/mol. The number of aliphatic carboxylic acids is 1. The van der Waals surface area contributed by atoms with Gasteiger partial charge in [0.15, 0.2) is 0 Å². The van der Waals surface area contributed by atoms with Gasteiger partial charge in [0, 0.05) is 26.1 Å². The maximum absolute atomic E-state index is 11.9. The van der Waals surface area contributed by atoms with Gasteiger partial charge in [-0.25, -0.2) is 0 Å². The van der Waals surface area contributed by atoms with Crippen molar-refractivity contribution in [2.24, 2.45) is 11.8 Å². The van der Waals surface area contributed by atoms with E-state index in [0.29, 0.717) is 5.92 Å². The van der Waals surface area contributed by atoms with Crippen molar-refractivity contribution in [3.05, 3.63) is 0 Å². The maximum atomic E-state index is 11.9. The second kappa shape index (κ2) is 6.73. The molecule has 2 atom stereocenters. The lowest BCUT2D eigenvalue weighted by molar-refractivity contribution is -0.143. The standard InChI is InChI=1S/C13H24N2O3/c1-10(8-12(16)17)13(18)15(3)7-5-11-4-6-14(2)9-11/h10-11H,4-9H2,1-3H3,(H,16,17). The monoisotopic (exact) mass is 256 g/mol. The third-order valence-corrected chi connectivity index (χ3v) is 3.64. The molecule has 0 spiro atoms. The van der Waals surface area contributed by atoms with Gasteiger partial charge in [0.05, 0.1) is 6.42 Å². The van der Waals surface area contributed by atoms with Gasteiger partial charge in [0.2, 0.25) is 5.91 Å². The van der Waals surface area contributed by atoms with Crippen molar-refractivity contribution < 1.29 is 14.7 Å². The molecule has 5 heteroatoms. The quantitative estimate of drug-likeness (QED) is 0.767. The Morgan fingerprint density at radius 3 is 2.67 bits per heavy atom. The number of carbonyl (C=O) groups is 2. The molecule has 2 unspecified atom stereocenters. The number of hydrogen-bond donors (Lipinski definition) is 1. The minimum absolute atomic E-state index is 0.0660. The maximum Gasteiger partial charge on any atom is 0.304 e. The first-order valence-corrected chi connectivity index (χ1v) is 6.55. The van der Waals surface area contributed by atoms with Crippen molar-refractivity contribution in [3.63, 3.8) is 0 Å². The molecule has 1 saturated heterocycles. The molecule has 18 heavy (non-hydrogen) atoms. The van der Waals surface area contributed by atoms with Gasteiger partial charge in [0.25, 0.3) is 0 Å². The molecular formula is C13H24N2O3. The van der Waals surface area contributed by atoms with E-state index in [1.807, 2.05) is 0 Å². The molecular weight excluding hydrogens is 232 g/mol. The summed E-state index contributed by atoms with van der Waals surface area (Å²) in [5.41, 5.74) is 0. The van der Waals surface area contributed by atoms with Crippen LogP contribution in [-0.2, 0) is 9.59 Å². The van der Waals surface area contributed by atoms with Gasteiger partial charge in [-0.2, -0.15) is 0 Å². The number of hydrogen-bond acceptors (Lipinski definition) is 3. The molecule has 5 nitrogen and oxygen atoms in total. The highest BCUT2D eigenvalue weighted by atomic mass is 16.4. The number of carbonyl (C=O) groups excluding carboxylic acids is 1. The Morgan fingerprint density at radius 1 is 1.50 bits per heavy atom. The Kier molecular flexibility index (Phi) is 5.59. The van der Waals surface area contributed by atoms with Gasteiger partial charge in [-0.1, -0.05) is 6.92 Å². The minimum atomic E-state index is -0.915. The molecule has 0 saturated carbocycles. The summed E-state index contributed by atoms with van der Waals surface area (Å²) in [5, 5.41) is 8.67. The SMILES string of the molecule is CC(CC(=O)O)C(=O)N(C)CCC1CCN(C)C1. The Morgan fingerprint density at radius 2 is 2.17 bits per heavy atom. The highest BCUT2D eigenvalue weighted by Crippen LogP contribution is 2.18. The zero-order valence-electron chi connectivity index (χ0n) is 11.6. The molecule has 1 fully saturated rings. The fraction of sp³-hybridized carbons (Fsp3) is 0.846. The topological polar surface area (TPSA) is 60.9 Å². The predicted octanol–water partition coefficient (Wildman–Crippen LogP) is 0.897. The summed E-state index contributed by atoms with van der Waals surface area (Å²) in [5.74, 6) is -0.746. The van der Waals surface area contributed by atoms with Crippen LogP contribution in [0.25, 0.3) is 0 Å². The van der Waals surface area contributed by atoms with E-state index in [1.54, 1.807) is 18.9 Å². The number of carboxylic acids is 1. The van der Waals surface area contributed by atoms with E-state index >= 15 is 0 Å². The van der Waals surface area contributed by atoms with E-state index < -0.39 is 11.9 Å². The number of rotatable bonds is 6. The first-order valence-electron chi connectivity index (χ1n) is 6.55. The molecule has 0 aromatic heterocycles. The smallest absolute Gasteiger partial charge is 0.304 e. The molecule has 1 N–H and O–H groups in total. The Labute approximate surface area is 109 Å². The average Bonchev–Trinajstić information content (AvgIpc) is 2.70. The molecule has 1 aliphatic rings. The molecule has 1 rings (SSSR count). The third-order valence-electron chi connectivity index (χ3n) is 3.64. The molecule has 0 aromatic carbocycles. The van der Waals surface area contributed by atoms with Crippen molar-refractivity contribution in [3.8, 4) is 0 Å². The zero-order valence-corrected chi connectivity index (χ0v) is 11.6. The van der Waals surface area contributed by atoms with Crippen LogP contribution in [0, 0.1) is 11.8 Å². The lowest BCUT2D eigenvalue weighted by atomic mass is 10.0. The van der Waals surface area contributed by atoms with Gasteiger partial charge >= 0.3 is 5.97 Å². The van der Waals surface area contributed by atoms with Crippen LogP contribution in [-0.4, -0.2) is 60.5 Å². The molecule has 0 radical (unpaired) electrons. The molecule has 104 valence electrons. The van der Waals surface area contributed by atoms with E-state index in [2.05, 4.69) is 11.9 Å². The molecule has 1 heterocycles. The van der Waals surface area contributed by atoms with Crippen LogP contribution in [0.3, 0.4) is 0 Å². The van der Waals surface area contributed by atoms with E-state index in [1.165, 1.54) is 6.42 Å². The normalized spacial score (nSPS) is 21.8. The second-order valence-electron chi connectivity index (χ2n) is 5.46. The summed E-state index contributed by atoms with van der Waals surface area (Å²) >= 11 is 0. The Bertz CT molecular complexity index is 307. The van der Waals surface area contributed by atoms with Crippen LogP contribution in [0.15, 0.2) is 0 Å². The van der Waals surface area contributed by atoms with Gasteiger partial charge < -0.3 is 14.9 Å². The van der Waals surface area contributed by atoms with Crippen LogP contribution in [0.1, 0.15) is 26.2 Å². The van der Waals surface area contributed by atoms with Gasteiger partial charge in [-0.15, -0.1) is 0 Å². The van der Waals surface area contributed by atoms with Crippen LogP contribution in [0.2, 0.25) is 0 Å². The summed E-state index contributed by atoms with van der Waals surface area (Å²) in [7, 11) is 3.88. The van der Waals surface area contributed by atoms with Gasteiger partial charge in [0.1, 0.15) is 0 Å². The number of carboxylic acid groups (broad SMARTS) is 1. The molecule has 1 aliphatic heterocycles. The number of likely N-dealkylation sites (tertiary alicyclic amines) is 1. The minimum Gasteiger partial charge on any atom is -0.481 e. The summed E-state index contributed by atoms with van der Waals surface area (Å²) in [6.07, 6.45) is 2.12. The first kappa shape index (κ1) is 15.0. The van der Waals surface area contributed by atoms with Crippen LogP contribution < -0.4 is 0 Å². The number of amides is 1. The molecule has 0 bridgehead atoms. The summed E-state index contributed by atoms with van der Waals surface area (Å²) in [6, 6.07) is 0. The largest absolute Gasteiger partial charge is 0.481 e. The van der Waals surface area contributed by atoms with Crippen molar-refractivity contribution in [2.45, 2.75) is 26.2 Å². The van der Waals surface area contributed by atoms with E-state index in [0.717, 1.165) is 26.1 Å². The molecule has 0 aliphatic carbocycles. The van der Waals surface area contributed by atoms with Crippen molar-refractivity contribution in [2.75, 3.05) is 33.7 Å². The van der Waals surface area contributed by atoms with Crippen LogP contribution in [0.5, 0.6) is 0 Å². The lowest BCUT2D eigenvalue weighted by Gasteiger charge is -2.22.